The molecule has 0 bridgehead atoms. The van der Waals surface area contributed by atoms with Crippen LogP contribution in [0.3, 0.4) is 0 Å². The van der Waals surface area contributed by atoms with Gasteiger partial charge in [-0.05, 0) is 53.4 Å². The van der Waals surface area contributed by atoms with E-state index in [0.717, 1.165) is 62.8 Å². The van der Waals surface area contributed by atoms with Crippen molar-refractivity contribution in [2.75, 3.05) is 0 Å². The van der Waals surface area contributed by atoms with Crippen LogP contribution < -0.4 is 21.5 Å². The van der Waals surface area contributed by atoms with Crippen molar-refractivity contribution in [2.24, 2.45) is 10.2 Å². The van der Waals surface area contributed by atoms with Crippen LogP contribution in [0.2, 0.25) is 0 Å². The van der Waals surface area contributed by atoms with Crippen LogP contribution in [0.4, 0.5) is 0 Å². The summed E-state index contributed by atoms with van der Waals surface area (Å²) in [5.74, 6) is 0.125. The highest BCUT2D eigenvalue weighted by atomic mass is 15.5. The minimum absolute atomic E-state index is 0.0453. The van der Waals surface area contributed by atoms with E-state index in [1.807, 2.05) is 0 Å². The maximum atomic E-state index is 8.23. The van der Waals surface area contributed by atoms with Gasteiger partial charge in [0, 0.05) is 59.3 Å². The maximum absolute atomic E-state index is 8.23. The van der Waals surface area contributed by atoms with E-state index >= 15 is 0 Å². The predicted octanol–water partition coefficient (Wildman–Crippen LogP) is 4.25. The highest BCUT2D eigenvalue weighted by molar-refractivity contribution is 5.90. The highest BCUT2D eigenvalue weighted by Crippen LogP contribution is 2.32. The number of rotatable bonds is 6. The number of hydrogen-bond donors (Lipinski definition) is 5. The minimum Gasteiger partial charge on any atom is -0.306 e. The fourth-order valence-corrected chi connectivity index (χ4v) is 4.87. The quantitative estimate of drug-likeness (QED) is 0.252. The van der Waals surface area contributed by atoms with Crippen molar-refractivity contribution >= 4 is 17.4 Å². The number of nitrogens with zero attached hydrogens (tertiary/aromatic N) is 2. The molecule has 2 saturated heterocycles. The Kier molecular flexibility index (Phi) is 7.73. The van der Waals surface area contributed by atoms with E-state index in [1.54, 1.807) is 0 Å². The Balaban J connectivity index is 2.03. The van der Waals surface area contributed by atoms with Crippen LogP contribution in [0.15, 0.2) is 10.2 Å². The molecule has 2 aliphatic rings. The summed E-state index contributed by atoms with van der Waals surface area (Å²) in [7, 11) is 0. The van der Waals surface area contributed by atoms with Gasteiger partial charge in [-0.25, -0.2) is 10.9 Å². The highest BCUT2D eigenvalue weighted by Gasteiger charge is 2.40. The predicted molar refractivity (Wildman–Crippen MR) is 128 cm³/mol. The molecule has 7 nitrogen and oxygen atoms in total. The van der Waals surface area contributed by atoms with Crippen LogP contribution in [0.5, 0.6) is 0 Å². The third-order valence-electron chi connectivity index (χ3n) is 7.36. The van der Waals surface area contributed by atoms with Gasteiger partial charge in [-0.15, -0.1) is 0 Å². The summed E-state index contributed by atoms with van der Waals surface area (Å²) in [6, 6.07) is 0. The third kappa shape index (κ3) is 6.27. The van der Waals surface area contributed by atoms with E-state index in [1.165, 1.54) is 0 Å². The molecule has 2 heterocycles. The van der Waals surface area contributed by atoms with Crippen molar-refractivity contribution in [3.63, 3.8) is 0 Å². The number of hydrogen-bond acceptors (Lipinski definition) is 5. The van der Waals surface area contributed by atoms with E-state index in [0.29, 0.717) is 0 Å². The largest absolute Gasteiger partial charge is 0.306 e. The Morgan fingerprint density at radius 2 is 0.967 bits per heavy atom. The van der Waals surface area contributed by atoms with Crippen LogP contribution in [-0.2, 0) is 0 Å². The second-order valence-corrected chi connectivity index (χ2v) is 10.6. The van der Waals surface area contributed by atoms with Gasteiger partial charge in [-0.3, -0.25) is 5.41 Å². The molecule has 0 aromatic rings. The van der Waals surface area contributed by atoms with E-state index < -0.39 is 0 Å². The minimum atomic E-state index is 0.0453. The fraction of sp³-hybridized carbons (Fsp3) is 0.870. The smallest absolute Gasteiger partial charge is 0.230 e. The Morgan fingerprint density at radius 1 is 0.700 bits per heavy atom. The third-order valence-corrected chi connectivity index (χ3v) is 7.36. The summed E-state index contributed by atoms with van der Waals surface area (Å²) in [6.45, 7) is 17.9. The molecule has 4 unspecified atom stereocenters. The average Bonchev–Trinajstić information content (AvgIpc) is 2.70. The van der Waals surface area contributed by atoms with Crippen LogP contribution >= 0.6 is 0 Å². The summed E-state index contributed by atoms with van der Waals surface area (Å²) in [4.78, 5) is 0. The van der Waals surface area contributed by atoms with E-state index in [2.05, 4.69) is 87.1 Å². The van der Waals surface area contributed by atoms with E-state index in [-0.39, 0.29) is 28.1 Å². The average molecular weight is 420 g/mol. The van der Waals surface area contributed by atoms with Gasteiger partial charge in [0.15, 0.2) is 0 Å². The number of piperidine rings is 2. The van der Waals surface area contributed by atoms with Crippen molar-refractivity contribution in [3.8, 4) is 0 Å². The number of guanidine groups is 1. The molecule has 0 amide bonds. The molecule has 4 atom stereocenters. The van der Waals surface area contributed by atoms with Gasteiger partial charge in [0.05, 0.1) is 0 Å². The normalized spacial score (nSPS) is 36.9. The molecule has 30 heavy (non-hydrogen) atoms. The lowest BCUT2D eigenvalue weighted by Gasteiger charge is -2.46. The Bertz CT molecular complexity index is 591. The molecule has 0 aliphatic carbocycles. The first-order valence-electron chi connectivity index (χ1n) is 11.7. The van der Waals surface area contributed by atoms with Crippen molar-refractivity contribution in [2.45, 2.75) is 129 Å². The zero-order valence-corrected chi connectivity index (χ0v) is 20.6. The molecule has 2 aliphatic heterocycles. The Hall–Kier alpha value is -1.47. The van der Waals surface area contributed by atoms with Gasteiger partial charge in [0.2, 0.25) is 5.96 Å². The molecule has 0 radical (unpaired) electrons. The lowest BCUT2D eigenvalue weighted by Crippen LogP contribution is -2.60. The Morgan fingerprint density at radius 3 is 1.20 bits per heavy atom. The second kappa shape index (κ2) is 9.35. The molecular formula is C23H45N7. The summed E-state index contributed by atoms with van der Waals surface area (Å²) in [6.07, 6.45) is 7.76. The van der Waals surface area contributed by atoms with Crippen molar-refractivity contribution in [3.05, 3.63) is 0 Å². The summed E-state index contributed by atoms with van der Waals surface area (Å²) < 4.78 is 0. The van der Waals surface area contributed by atoms with Gasteiger partial charge >= 0.3 is 0 Å². The summed E-state index contributed by atoms with van der Waals surface area (Å²) in [5.41, 5.74) is 8.19. The maximum Gasteiger partial charge on any atom is 0.230 e. The molecule has 2 fully saturated rings. The van der Waals surface area contributed by atoms with Gasteiger partial charge in [0.1, 0.15) is 0 Å². The van der Waals surface area contributed by atoms with Crippen LogP contribution in [0.1, 0.15) is 107 Å². The molecule has 0 aromatic heterocycles. The van der Waals surface area contributed by atoms with Crippen LogP contribution in [0.25, 0.3) is 0 Å². The molecular weight excluding hydrogens is 374 g/mol. The number of nitrogens with one attached hydrogen (secondary N) is 5. The molecule has 0 spiro atoms. The molecule has 5 N–H and O–H groups in total. The lowest BCUT2D eigenvalue weighted by atomic mass is 9.77. The molecule has 0 aromatic carbocycles. The van der Waals surface area contributed by atoms with E-state index in [4.69, 9.17) is 5.41 Å². The van der Waals surface area contributed by atoms with Crippen molar-refractivity contribution < 1.29 is 0 Å². The molecule has 2 rings (SSSR count). The summed E-state index contributed by atoms with van der Waals surface area (Å²) >= 11 is 0. The van der Waals surface area contributed by atoms with E-state index in [9.17, 15) is 0 Å². The standard InChI is InChI=1S/C23H45N7/c1-9-20(5)13-17(14-21(6,10-2)29-20)25-27-19(24)28-26-18-15-22(7,11-3)30-23(8,12-4)16-18/h29-30H,9-16H2,1-8H3,(H3,24,27,28). The molecule has 0 saturated carbocycles. The van der Waals surface area contributed by atoms with Crippen LogP contribution in [0, 0.1) is 5.41 Å². The second-order valence-electron chi connectivity index (χ2n) is 10.6. The molecule has 7 heteroatoms. The fourth-order valence-electron chi connectivity index (χ4n) is 4.87. The zero-order valence-electron chi connectivity index (χ0n) is 20.6. The first-order valence-corrected chi connectivity index (χ1v) is 11.7. The SMILES string of the molecule is CCC1(C)CC(=NNC(=N)NN=C2CC(C)(CC)NC(C)(CC)C2)CC(C)(CC)N1. The first kappa shape index (κ1) is 24.8. The van der Waals surface area contributed by atoms with Gasteiger partial charge < -0.3 is 10.6 Å². The van der Waals surface area contributed by atoms with Gasteiger partial charge in [-0.2, -0.15) is 10.2 Å². The molecule has 172 valence electrons. The van der Waals surface area contributed by atoms with Gasteiger partial charge in [0.25, 0.3) is 0 Å². The Labute approximate surface area is 183 Å². The van der Waals surface area contributed by atoms with Gasteiger partial charge in [-0.1, -0.05) is 27.7 Å². The number of hydrazone groups is 2. The van der Waals surface area contributed by atoms with Crippen molar-refractivity contribution in [1.29, 1.82) is 5.41 Å². The lowest BCUT2D eigenvalue weighted by molar-refractivity contribution is 0.206. The first-order chi connectivity index (χ1) is 13.9. The van der Waals surface area contributed by atoms with Crippen molar-refractivity contribution in [1.82, 2.24) is 21.5 Å². The topological polar surface area (TPSA) is 96.7 Å². The summed E-state index contributed by atoms with van der Waals surface area (Å²) in [5, 5.41) is 25.0. The monoisotopic (exact) mass is 419 g/mol. The van der Waals surface area contributed by atoms with Crippen LogP contribution in [-0.4, -0.2) is 39.5 Å². The zero-order chi connectivity index (χ0) is 22.6.